The Morgan fingerprint density at radius 1 is 1.18 bits per heavy atom. The van der Waals surface area contributed by atoms with E-state index < -0.39 is 17.5 Å². The fourth-order valence-electron chi connectivity index (χ4n) is 1.76. The van der Waals surface area contributed by atoms with Crippen LogP contribution < -0.4 is 5.32 Å². The number of carbonyl (C=O) groups is 1. The molecule has 110 valence electrons. The van der Waals surface area contributed by atoms with E-state index >= 15 is 0 Å². The fourth-order valence-corrected chi connectivity index (χ4v) is 1.76. The molecule has 0 atom stereocenters. The molecule has 2 aromatic carbocycles. The topological polar surface area (TPSA) is 52.9 Å². The van der Waals surface area contributed by atoms with Gasteiger partial charge in [-0.2, -0.15) is 5.26 Å². The Balaban J connectivity index is 2.22. The van der Waals surface area contributed by atoms with Gasteiger partial charge in [0.1, 0.15) is 23.3 Å². The first-order valence-electron chi connectivity index (χ1n) is 6.44. The van der Waals surface area contributed by atoms with Crippen molar-refractivity contribution in [2.75, 3.05) is 5.32 Å². The molecule has 5 heteroatoms. The normalized spacial score (nSPS) is 10.9. The highest BCUT2D eigenvalue weighted by Gasteiger charge is 2.12. The third-order valence-corrected chi connectivity index (χ3v) is 2.93. The molecular weight excluding hydrogens is 286 g/mol. The zero-order chi connectivity index (χ0) is 16.1. The summed E-state index contributed by atoms with van der Waals surface area (Å²) < 4.78 is 26.3. The summed E-state index contributed by atoms with van der Waals surface area (Å²) in [5, 5.41) is 11.3. The average Bonchev–Trinajstić information content (AvgIpc) is 2.49. The molecule has 2 aromatic rings. The van der Waals surface area contributed by atoms with Crippen molar-refractivity contribution in [1.82, 2.24) is 0 Å². The number of nitrogens with one attached hydrogen (secondary N) is 1. The van der Waals surface area contributed by atoms with Gasteiger partial charge in [0.2, 0.25) is 0 Å². The van der Waals surface area contributed by atoms with Crippen molar-refractivity contribution >= 4 is 17.7 Å². The molecule has 3 nitrogen and oxygen atoms in total. The molecular formula is C17H12F2N2O. The summed E-state index contributed by atoms with van der Waals surface area (Å²) in [7, 11) is 0. The van der Waals surface area contributed by atoms with Crippen LogP contribution in [0.3, 0.4) is 0 Å². The Labute approximate surface area is 126 Å². The lowest BCUT2D eigenvalue weighted by atomic mass is 10.1. The summed E-state index contributed by atoms with van der Waals surface area (Å²) in [6.45, 7) is 1.92. The summed E-state index contributed by atoms with van der Waals surface area (Å²) in [5.74, 6) is -2.40. The second-order valence-corrected chi connectivity index (χ2v) is 4.66. The predicted molar refractivity (Wildman–Crippen MR) is 79.8 cm³/mol. The number of nitrogens with zero attached hydrogens (tertiary/aromatic N) is 1. The molecule has 0 unspecified atom stereocenters. The van der Waals surface area contributed by atoms with E-state index in [1.165, 1.54) is 6.08 Å². The minimum absolute atomic E-state index is 0.174. The van der Waals surface area contributed by atoms with Crippen molar-refractivity contribution in [3.63, 3.8) is 0 Å². The second-order valence-electron chi connectivity index (χ2n) is 4.66. The van der Waals surface area contributed by atoms with E-state index in [1.807, 2.05) is 19.1 Å². The second kappa shape index (κ2) is 6.64. The molecule has 0 saturated heterocycles. The maximum Gasteiger partial charge on any atom is 0.266 e. The Bertz CT molecular complexity index is 774. The standard InChI is InChI=1S/C17H12F2N2O/c1-11-2-4-12(5-3-11)8-13(10-20)17(22)21-16-7-6-14(18)9-15(16)19/h2-9H,1H3,(H,21,22)/b13-8+. The van der Waals surface area contributed by atoms with Gasteiger partial charge < -0.3 is 5.32 Å². The number of rotatable bonds is 3. The Hall–Kier alpha value is -3.00. The van der Waals surface area contributed by atoms with E-state index in [2.05, 4.69) is 5.32 Å². The maximum atomic E-state index is 13.5. The van der Waals surface area contributed by atoms with Gasteiger partial charge in [0, 0.05) is 6.07 Å². The number of aryl methyl sites for hydroxylation is 1. The van der Waals surface area contributed by atoms with Crippen LogP contribution in [0.15, 0.2) is 48.0 Å². The highest BCUT2D eigenvalue weighted by atomic mass is 19.1. The van der Waals surface area contributed by atoms with Crippen molar-refractivity contribution in [2.24, 2.45) is 0 Å². The van der Waals surface area contributed by atoms with Crippen LogP contribution in [0.2, 0.25) is 0 Å². The van der Waals surface area contributed by atoms with Crippen molar-refractivity contribution in [1.29, 1.82) is 5.26 Å². The van der Waals surface area contributed by atoms with E-state index in [0.29, 0.717) is 11.6 Å². The first kappa shape index (κ1) is 15.4. The lowest BCUT2D eigenvalue weighted by Crippen LogP contribution is -2.14. The number of amides is 1. The van der Waals surface area contributed by atoms with Gasteiger partial charge in [-0.3, -0.25) is 4.79 Å². The smallest absolute Gasteiger partial charge is 0.266 e. The van der Waals surface area contributed by atoms with Crippen LogP contribution in [0, 0.1) is 29.9 Å². The van der Waals surface area contributed by atoms with Crippen LogP contribution in [0.1, 0.15) is 11.1 Å². The summed E-state index contributed by atoms with van der Waals surface area (Å²) in [6.07, 6.45) is 1.40. The van der Waals surface area contributed by atoms with Crippen molar-refractivity contribution in [3.05, 3.63) is 70.8 Å². The largest absolute Gasteiger partial charge is 0.319 e. The van der Waals surface area contributed by atoms with Gasteiger partial charge >= 0.3 is 0 Å². The first-order valence-corrected chi connectivity index (χ1v) is 6.44. The maximum absolute atomic E-state index is 13.5. The van der Waals surface area contributed by atoms with Crippen LogP contribution in [0.5, 0.6) is 0 Å². The molecule has 0 aliphatic rings. The molecule has 22 heavy (non-hydrogen) atoms. The molecule has 0 aromatic heterocycles. The fraction of sp³-hybridized carbons (Fsp3) is 0.0588. The lowest BCUT2D eigenvalue weighted by molar-refractivity contribution is -0.112. The average molecular weight is 298 g/mol. The number of halogens is 2. The van der Waals surface area contributed by atoms with Gasteiger partial charge in [-0.25, -0.2) is 8.78 Å². The third kappa shape index (κ3) is 3.76. The number of anilines is 1. The van der Waals surface area contributed by atoms with Crippen molar-refractivity contribution in [3.8, 4) is 6.07 Å². The Kier molecular flexibility index (Phi) is 4.64. The molecule has 0 fully saturated rings. The van der Waals surface area contributed by atoms with E-state index in [0.717, 1.165) is 17.7 Å². The Morgan fingerprint density at radius 3 is 2.45 bits per heavy atom. The minimum atomic E-state index is -0.902. The van der Waals surface area contributed by atoms with E-state index in [-0.39, 0.29) is 11.3 Å². The Morgan fingerprint density at radius 2 is 1.86 bits per heavy atom. The summed E-state index contributed by atoms with van der Waals surface area (Å²) in [6, 6.07) is 11.8. The minimum Gasteiger partial charge on any atom is -0.319 e. The van der Waals surface area contributed by atoms with Gasteiger partial charge in [-0.05, 0) is 30.7 Å². The molecule has 0 saturated carbocycles. The molecule has 0 bridgehead atoms. The van der Waals surface area contributed by atoms with Crippen LogP contribution in [0.25, 0.3) is 6.08 Å². The monoisotopic (exact) mass is 298 g/mol. The van der Waals surface area contributed by atoms with Gasteiger partial charge in [0.15, 0.2) is 0 Å². The molecule has 0 aliphatic heterocycles. The van der Waals surface area contributed by atoms with Crippen LogP contribution in [-0.4, -0.2) is 5.91 Å². The van der Waals surface area contributed by atoms with Crippen molar-refractivity contribution in [2.45, 2.75) is 6.92 Å². The van der Waals surface area contributed by atoms with Gasteiger partial charge in [-0.15, -0.1) is 0 Å². The molecule has 0 heterocycles. The summed E-state index contributed by atoms with van der Waals surface area (Å²) in [4.78, 5) is 12.0. The van der Waals surface area contributed by atoms with Crippen LogP contribution in [0.4, 0.5) is 14.5 Å². The quantitative estimate of drug-likeness (QED) is 0.692. The zero-order valence-electron chi connectivity index (χ0n) is 11.7. The number of hydrogen-bond donors (Lipinski definition) is 1. The summed E-state index contributed by atoms with van der Waals surface area (Å²) >= 11 is 0. The lowest BCUT2D eigenvalue weighted by Gasteiger charge is -2.05. The van der Waals surface area contributed by atoms with E-state index in [1.54, 1.807) is 18.2 Å². The number of benzene rings is 2. The third-order valence-electron chi connectivity index (χ3n) is 2.93. The van der Waals surface area contributed by atoms with Crippen LogP contribution >= 0.6 is 0 Å². The number of hydrogen-bond acceptors (Lipinski definition) is 2. The predicted octanol–water partition coefficient (Wildman–Crippen LogP) is 3.82. The number of nitriles is 1. The highest BCUT2D eigenvalue weighted by Crippen LogP contribution is 2.16. The zero-order valence-corrected chi connectivity index (χ0v) is 11.7. The molecule has 0 radical (unpaired) electrons. The van der Waals surface area contributed by atoms with E-state index in [9.17, 15) is 13.6 Å². The highest BCUT2D eigenvalue weighted by molar-refractivity contribution is 6.09. The molecule has 1 N–H and O–H groups in total. The first-order chi connectivity index (χ1) is 10.5. The summed E-state index contributed by atoms with van der Waals surface area (Å²) in [5.41, 5.74) is 1.37. The van der Waals surface area contributed by atoms with Gasteiger partial charge in [-0.1, -0.05) is 29.8 Å². The molecule has 0 aliphatic carbocycles. The SMILES string of the molecule is Cc1ccc(/C=C(\C#N)C(=O)Nc2ccc(F)cc2F)cc1. The molecule has 1 amide bonds. The molecule has 0 spiro atoms. The van der Waals surface area contributed by atoms with E-state index in [4.69, 9.17) is 5.26 Å². The molecule has 2 rings (SSSR count). The van der Waals surface area contributed by atoms with Crippen molar-refractivity contribution < 1.29 is 13.6 Å². The van der Waals surface area contributed by atoms with Gasteiger partial charge in [0.05, 0.1) is 5.69 Å². The van der Waals surface area contributed by atoms with Gasteiger partial charge in [0.25, 0.3) is 5.91 Å². The van der Waals surface area contributed by atoms with Crippen LogP contribution in [-0.2, 0) is 4.79 Å². The number of carbonyl (C=O) groups excluding carboxylic acids is 1.